The first-order chi connectivity index (χ1) is 15.5. The fourth-order valence-corrected chi connectivity index (χ4v) is 5.17. The molecule has 0 saturated carbocycles. The van der Waals surface area contributed by atoms with Gasteiger partial charge in [-0.15, -0.1) is 11.3 Å². The number of benzene rings is 2. The molecule has 5 nitrogen and oxygen atoms in total. The third-order valence-corrected chi connectivity index (χ3v) is 6.72. The minimum Gasteiger partial charge on any atom is -0.484 e. The van der Waals surface area contributed by atoms with Crippen LogP contribution in [-0.4, -0.2) is 25.1 Å². The zero-order valence-corrected chi connectivity index (χ0v) is 19.2. The van der Waals surface area contributed by atoms with Crippen LogP contribution in [0.3, 0.4) is 0 Å². The summed E-state index contributed by atoms with van der Waals surface area (Å²) in [6, 6.07) is 16.0. The molecule has 0 fully saturated rings. The summed E-state index contributed by atoms with van der Waals surface area (Å²) in [6.45, 7) is 4.02. The summed E-state index contributed by atoms with van der Waals surface area (Å²) < 4.78 is 10.9. The van der Waals surface area contributed by atoms with Gasteiger partial charge in [-0.05, 0) is 68.4 Å². The lowest BCUT2D eigenvalue weighted by atomic mass is 9.95. The Morgan fingerprint density at radius 3 is 2.31 bits per heavy atom. The minimum atomic E-state index is -0.366. The van der Waals surface area contributed by atoms with E-state index >= 15 is 0 Å². The zero-order chi connectivity index (χ0) is 22.5. The van der Waals surface area contributed by atoms with Crippen LogP contribution in [-0.2, 0) is 22.4 Å². The fourth-order valence-electron chi connectivity index (χ4n) is 3.87. The number of anilines is 1. The van der Waals surface area contributed by atoms with Crippen molar-refractivity contribution in [3.63, 3.8) is 0 Å². The predicted molar refractivity (Wildman–Crippen MR) is 128 cm³/mol. The molecule has 1 aliphatic carbocycles. The van der Waals surface area contributed by atoms with Crippen molar-refractivity contribution >= 4 is 28.2 Å². The number of carbonyl (C=O) groups is 2. The van der Waals surface area contributed by atoms with Gasteiger partial charge in [-0.2, -0.15) is 0 Å². The van der Waals surface area contributed by atoms with E-state index in [1.54, 1.807) is 6.92 Å². The van der Waals surface area contributed by atoms with Crippen LogP contribution < -0.4 is 10.1 Å². The van der Waals surface area contributed by atoms with Gasteiger partial charge in [-0.1, -0.05) is 42.0 Å². The molecule has 0 radical (unpaired) electrons. The Balaban J connectivity index is 1.40. The van der Waals surface area contributed by atoms with E-state index in [2.05, 4.69) is 36.5 Å². The van der Waals surface area contributed by atoms with E-state index < -0.39 is 0 Å². The summed E-state index contributed by atoms with van der Waals surface area (Å²) in [5.74, 6) is -0.0429. The van der Waals surface area contributed by atoms with Crippen LogP contribution in [0.2, 0.25) is 0 Å². The molecule has 4 rings (SSSR count). The molecule has 32 heavy (non-hydrogen) atoms. The Bertz CT molecular complexity index is 1100. The van der Waals surface area contributed by atoms with Crippen LogP contribution in [0, 0.1) is 6.92 Å². The van der Waals surface area contributed by atoms with Crippen molar-refractivity contribution in [1.29, 1.82) is 0 Å². The molecule has 3 aromatic rings. The summed E-state index contributed by atoms with van der Waals surface area (Å²) >= 11 is 1.48. The van der Waals surface area contributed by atoms with Gasteiger partial charge >= 0.3 is 5.97 Å². The number of hydrogen-bond donors (Lipinski definition) is 1. The highest BCUT2D eigenvalue weighted by atomic mass is 32.1. The van der Waals surface area contributed by atoms with Gasteiger partial charge < -0.3 is 14.8 Å². The van der Waals surface area contributed by atoms with E-state index in [9.17, 15) is 9.59 Å². The predicted octanol–water partition coefficient (Wildman–Crippen LogP) is 5.80. The molecular formula is C26H27NO4S. The van der Waals surface area contributed by atoms with Crippen molar-refractivity contribution in [1.82, 2.24) is 0 Å². The molecule has 6 heteroatoms. The fraction of sp³-hybridized carbons (Fsp3) is 0.308. The maximum Gasteiger partial charge on any atom is 0.341 e. The lowest BCUT2D eigenvalue weighted by Crippen LogP contribution is -2.21. The number of esters is 1. The zero-order valence-electron chi connectivity index (χ0n) is 18.4. The van der Waals surface area contributed by atoms with Crippen molar-refractivity contribution in [2.45, 2.75) is 39.5 Å². The molecule has 0 spiro atoms. The van der Waals surface area contributed by atoms with E-state index in [-0.39, 0.29) is 18.5 Å². The maximum atomic E-state index is 12.6. The lowest BCUT2D eigenvalue weighted by Gasteiger charge is -2.12. The van der Waals surface area contributed by atoms with Gasteiger partial charge in [0.25, 0.3) is 5.91 Å². The van der Waals surface area contributed by atoms with Crippen LogP contribution in [0.4, 0.5) is 5.00 Å². The Hall–Kier alpha value is -3.12. The second-order valence-electron chi connectivity index (χ2n) is 7.86. The second kappa shape index (κ2) is 10.0. The van der Waals surface area contributed by atoms with Crippen molar-refractivity contribution in [2.24, 2.45) is 0 Å². The Morgan fingerprint density at radius 2 is 1.62 bits per heavy atom. The summed E-state index contributed by atoms with van der Waals surface area (Å²) in [7, 11) is 0. The van der Waals surface area contributed by atoms with Crippen LogP contribution >= 0.6 is 11.3 Å². The first kappa shape index (κ1) is 22.1. The minimum absolute atomic E-state index is 0.130. The van der Waals surface area contributed by atoms with E-state index in [1.165, 1.54) is 21.8 Å². The molecule has 0 saturated heterocycles. The first-order valence-electron chi connectivity index (χ1n) is 11.0. The van der Waals surface area contributed by atoms with Crippen LogP contribution in [0.25, 0.3) is 11.1 Å². The molecule has 1 amide bonds. The number of amides is 1. The number of ether oxygens (including phenoxy) is 2. The molecule has 1 heterocycles. The third kappa shape index (κ3) is 5.02. The summed E-state index contributed by atoms with van der Waals surface area (Å²) in [5, 5.41) is 3.44. The van der Waals surface area contributed by atoms with Gasteiger partial charge in [0.05, 0.1) is 12.2 Å². The number of thiophene rings is 1. The van der Waals surface area contributed by atoms with Crippen LogP contribution in [0.15, 0.2) is 48.5 Å². The molecule has 0 bridgehead atoms. The smallest absolute Gasteiger partial charge is 0.341 e. The number of hydrogen-bond acceptors (Lipinski definition) is 5. The first-order valence-corrected chi connectivity index (χ1v) is 11.8. The van der Waals surface area contributed by atoms with Crippen molar-refractivity contribution in [3.8, 4) is 16.9 Å². The molecule has 166 valence electrons. The second-order valence-corrected chi connectivity index (χ2v) is 8.97. The average Bonchev–Trinajstić information content (AvgIpc) is 3.16. The molecule has 1 N–H and O–H groups in total. The van der Waals surface area contributed by atoms with E-state index in [0.717, 1.165) is 42.4 Å². The molecule has 1 aliphatic rings. The molecule has 2 aromatic carbocycles. The molecule has 0 atom stereocenters. The highest BCUT2D eigenvalue weighted by molar-refractivity contribution is 7.17. The van der Waals surface area contributed by atoms with Gasteiger partial charge in [0, 0.05) is 4.88 Å². The number of nitrogens with one attached hydrogen (secondary N) is 1. The lowest BCUT2D eigenvalue weighted by molar-refractivity contribution is -0.118. The summed E-state index contributed by atoms with van der Waals surface area (Å²) in [4.78, 5) is 26.3. The SMILES string of the molecule is CCOC(=O)c1c(NC(=O)COc2ccc(-c3ccc(C)cc3)cc2)sc2c1CCCC2. The summed E-state index contributed by atoms with van der Waals surface area (Å²) in [6.07, 6.45) is 3.93. The Kier molecular flexibility index (Phi) is 6.90. The molecule has 0 unspecified atom stereocenters. The number of rotatable bonds is 7. The van der Waals surface area contributed by atoms with E-state index in [0.29, 0.717) is 22.9 Å². The largest absolute Gasteiger partial charge is 0.484 e. The van der Waals surface area contributed by atoms with Crippen molar-refractivity contribution in [2.75, 3.05) is 18.5 Å². The Labute approximate surface area is 192 Å². The van der Waals surface area contributed by atoms with Gasteiger partial charge in [-0.3, -0.25) is 4.79 Å². The van der Waals surface area contributed by atoms with Gasteiger partial charge in [0.2, 0.25) is 0 Å². The van der Waals surface area contributed by atoms with E-state index in [4.69, 9.17) is 9.47 Å². The standard InChI is InChI=1S/C26H27NO4S/c1-3-30-26(29)24-21-6-4-5-7-22(21)32-25(24)27-23(28)16-31-20-14-12-19(13-15-20)18-10-8-17(2)9-11-18/h8-15H,3-7,16H2,1-2H3,(H,27,28). The quantitative estimate of drug-likeness (QED) is 0.463. The van der Waals surface area contributed by atoms with E-state index in [1.807, 2.05) is 24.3 Å². The van der Waals surface area contributed by atoms with Crippen molar-refractivity contribution in [3.05, 3.63) is 70.1 Å². The Morgan fingerprint density at radius 1 is 0.969 bits per heavy atom. The molecule has 0 aliphatic heterocycles. The third-order valence-electron chi connectivity index (χ3n) is 5.51. The van der Waals surface area contributed by atoms with Crippen molar-refractivity contribution < 1.29 is 19.1 Å². The van der Waals surface area contributed by atoms with Gasteiger partial charge in [0.15, 0.2) is 6.61 Å². The highest BCUT2D eigenvalue weighted by Gasteiger charge is 2.27. The number of fused-ring (bicyclic) bond motifs is 1. The number of carbonyl (C=O) groups excluding carboxylic acids is 2. The maximum absolute atomic E-state index is 12.6. The highest BCUT2D eigenvalue weighted by Crippen LogP contribution is 2.38. The van der Waals surface area contributed by atoms with Gasteiger partial charge in [0.1, 0.15) is 10.8 Å². The van der Waals surface area contributed by atoms with Gasteiger partial charge in [-0.25, -0.2) is 4.79 Å². The van der Waals surface area contributed by atoms with Crippen LogP contribution in [0.5, 0.6) is 5.75 Å². The number of aryl methyl sites for hydroxylation is 2. The van der Waals surface area contributed by atoms with Crippen LogP contribution in [0.1, 0.15) is 46.1 Å². The molecule has 1 aromatic heterocycles. The normalized spacial score (nSPS) is 12.7. The summed E-state index contributed by atoms with van der Waals surface area (Å²) in [5.41, 5.74) is 4.99. The average molecular weight is 450 g/mol. The molecular weight excluding hydrogens is 422 g/mol. The monoisotopic (exact) mass is 449 g/mol. The topological polar surface area (TPSA) is 64.6 Å².